The molecule has 11 atom stereocenters. The molecule has 0 aliphatic heterocycles. The molecule has 4 aliphatic carbocycles. The van der Waals surface area contributed by atoms with Crippen LogP contribution in [-0.4, -0.2) is 60.8 Å². The van der Waals surface area contributed by atoms with Gasteiger partial charge in [-0.15, -0.1) is 0 Å². The highest BCUT2D eigenvalue weighted by Gasteiger charge is 2.69. The number of aliphatic hydroxyl groups is 5. The van der Waals surface area contributed by atoms with Crippen molar-refractivity contribution in [2.24, 2.45) is 40.4 Å². The van der Waals surface area contributed by atoms with E-state index in [1.54, 1.807) is 13.8 Å². The number of rotatable bonds is 5. The van der Waals surface area contributed by atoms with Crippen molar-refractivity contribution in [2.45, 2.75) is 122 Å². The van der Waals surface area contributed by atoms with Gasteiger partial charge in [-0.05, 0) is 99.7 Å². The molecule has 6 nitrogen and oxygen atoms in total. The summed E-state index contributed by atoms with van der Waals surface area (Å²) in [6.07, 6.45) is 3.14. The lowest BCUT2D eigenvalue weighted by atomic mass is 9.42. The molecule has 33 heavy (non-hydrogen) atoms. The van der Waals surface area contributed by atoms with Gasteiger partial charge in [-0.25, -0.2) is 0 Å². The molecule has 6 heteroatoms. The van der Waals surface area contributed by atoms with Crippen LogP contribution in [0.5, 0.6) is 0 Å². The number of fused-ring (bicyclic) bond motifs is 5. The Morgan fingerprint density at radius 3 is 2.39 bits per heavy atom. The van der Waals surface area contributed by atoms with Crippen molar-refractivity contribution in [3.63, 3.8) is 0 Å². The van der Waals surface area contributed by atoms with Crippen LogP contribution in [0.3, 0.4) is 0 Å². The predicted octanol–water partition coefficient (Wildman–Crippen LogP) is 2.82. The lowest BCUT2D eigenvalue weighted by molar-refractivity contribution is -0.220. The lowest BCUT2D eigenvalue weighted by Crippen LogP contribution is -2.65. The van der Waals surface area contributed by atoms with Crippen LogP contribution in [0.25, 0.3) is 0 Å². The molecule has 0 spiro atoms. The number of hydrogen-bond acceptors (Lipinski definition) is 6. The molecular weight excluding hydrogens is 420 g/mol. The summed E-state index contributed by atoms with van der Waals surface area (Å²) in [6.45, 7) is 9.86. The van der Waals surface area contributed by atoms with Crippen molar-refractivity contribution < 1.29 is 30.3 Å². The average molecular weight is 467 g/mol. The summed E-state index contributed by atoms with van der Waals surface area (Å²) < 4.78 is 0. The van der Waals surface area contributed by atoms with Crippen LogP contribution < -0.4 is 0 Å². The Morgan fingerprint density at radius 1 is 1.09 bits per heavy atom. The van der Waals surface area contributed by atoms with E-state index in [9.17, 15) is 30.3 Å². The van der Waals surface area contributed by atoms with Gasteiger partial charge in [0.25, 0.3) is 0 Å². The van der Waals surface area contributed by atoms with Gasteiger partial charge in [0, 0.05) is 12.3 Å². The van der Waals surface area contributed by atoms with Crippen LogP contribution >= 0.6 is 0 Å². The van der Waals surface area contributed by atoms with E-state index in [1.165, 1.54) is 0 Å². The summed E-state index contributed by atoms with van der Waals surface area (Å²) in [5.41, 5.74) is -2.55. The van der Waals surface area contributed by atoms with Crippen LogP contribution in [0, 0.1) is 40.4 Å². The molecule has 0 radical (unpaired) electrons. The Labute approximate surface area is 198 Å². The molecule has 0 amide bonds. The first kappa shape index (κ1) is 25.6. The molecule has 4 saturated carbocycles. The van der Waals surface area contributed by atoms with Crippen molar-refractivity contribution in [3.05, 3.63) is 0 Å². The molecule has 0 aromatic carbocycles. The van der Waals surface area contributed by atoms with E-state index in [4.69, 9.17) is 0 Å². The van der Waals surface area contributed by atoms with Crippen molar-refractivity contribution >= 4 is 5.78 Å². The van der Waals surface area contributed by atoms with Gasteiger partial charge in [0.15, 0.2) is 0 Å². The molecule has 190 valence electrons. The molecule has 0 saturated heterocycles. The van der Waals surface area contributed by atoms with Gasteiger partial charge in [0.2, 0.25) is 0 Å². The van der Waals surface area contributed by atoms with Crippen molar-refractivity contribution in [2.75, 3.05) is 0 Å². The lowest BCUT2D eigenvalue weighted by Gasteiger charge is -2.63. The highest BCUT2D eigenvalue weighted by molar-refractivity contribution is 5.83. The summed E-state index contributed by atoms with van der Waals surface area (Å²) in [5, 5.41) is 54.0. The zero-order valence-electron chi connectivity index (χ0n) is 21.1. The highest BCUT2D eigenvalue weighted by Crippen LogP contribution is 2.69. The Morgan fingerprint density at radius 2 is 1.76 bits per heavy atom. The Hall–Kier alpha value is -0.530. The summed E-state index contributed by atoms with van der Waals surface area (Å²) in [4.78, 5) is 13.3. The van der Waals surface area contributed by atoms with Crippen LogP contribution in [0.15, 0.2) is 0 Å². The molecule has 4 rings (SSSR count). The van der Waals surface area contributed by atoms with E-state index in [0.29, 0.717) is 38.5 Å². The third-order valence-electron chi connectivity index (χ3n) is 11.0. The van der Waals surface area contributed by atoms with E-state index >= 15 is 0 Å². The number of carbonyl (C=O) groups excluding carboxylic acids is 1. The second-order valence-electron chi connectivity index (χ2n) is 13.3. The number of Topliss-reactive ketones (excluding diaryl/α,β-unsaturated/α-hetero) is 1. The largest absolute Gasteiger partial charge is 0.393 e. The highest BCUT2D eigenvalue weighted by atomic mass is 16.3. The van der Waals surface area contributed by atoms with E-state index in [-0.39, 0.29) is 40.8 Å². The van der Waals surface area contributed by atoms with E-state index < -0.39 is 34.9 Å². The minimum Gasteiger partial charge on any atom is -0.393 e. The summed E-state index contributed by atoms with van der Waals surface area (Å²) >= 11 is 0. The summed E-state index contributed by atoms with van der Waals surface area (Å²) in [7, 11) is 0. The van der Waals surface area contributed by atoms with Crippen LogP contribution in [-0.2, 0) is 4.79 Å². The first-order chi connectivity index (χ1) is 15.1. The third kappa shape index (κ3) is 3.92. The van der Waals surface area contributed by atoms with E-state index in [0.717, 1.165) is 19.3 Å². The Kier molecular flexibility index (Phi) is 6.40. The minimum absolute atomic E-state index is 0.00259. The smallest absolute Gasteiger partial charge is 0.137 e. The second-order valence-corrected chi connectivity index (χ2v) is 13.3. The van der Waals surface area contributed by atoms with Gasteiger partial charge in [0.05, 0.1) is 29.5 Å². The summed E-state index contributed by atoms with van der Waals surface area (Å²) in [6, 6.07) is 0. The maximum atomic E-state index is 13.3. The van der Waals surface area contributed by atoms with E-state index in [1.807, 2.05) is 0 Å². The summed E-state index contributed by atoms with van der Waals surface area (Å²) in [5.74, 6) is 0.0404. The quantitative estimate of drug-likeness (QED) is 0.425. The molecule has 5 N–H and O–H groups in total. The van der Waals surface area contributed by atoms with E-state index in [2.05, 4.69) is 20.8 Å². The molecule has 4 fully saturated rings. The number of carbonyl (C=O) groups is 1. The second kappa shape index (κ2) is 8.26. The maximum Gasteiger partial charge on any atom is 0.137 e. The van der Waals surface area contributed by atoms with Crippen LogP contribution in [0.2, 0.25) is 0 Å². The van der Waals surface area contributed by atoms with Gasteiger partial charge in [-0.2, -0.15) is 0 Å². The Bertz CT molecular complexity index is 762. The molecule has 0 heterocycles. The monoisotopic (exact) mass is 466 g/mol. The SMILES string of the molecule is C[C@H]([C@H](O)CCC(C)(C)O)[C@H]1CC[C@@]2(O)[C@@H]3CC(=O)[C@@H]4C[C@@H](O)[C@@H](O)C[C@]4(C)[C@H]3CC[C@]12C. The first-order valence-corrected chi connectivity index (χ1v) is 13.2. The zero-order valence-corrected chi connectivity index (χ0v) is 21.1. The predicted molar refractivity (Wildman–Crippen MR) is 125 cm³/mol. The molecule has 0 aromatic heterocycles. The molecule has 0 bridgehead atoms. The number of ketones is 1. The van der Waals surface area contributed by atoms with Gasteiger partial charge in [0.1, 0.15) is 5.78 Å². The fourth-order valence-corrected chi connectivity index (χ4v) is 8.94. The normalized spacial score (nSPS) is 49.7. The van der Waals surface area contributed by atoms with Crippen molar-refractivity contribution in [3.8, 4) is 0 Å². The van der Waals surface area contributed by atoms with Crippen molar-refractivity contribution in [1.82, 2.24) is 0 Å². The van der Waals surface area contributed by atoms with Crippen molar-refractivity contribution in [1.29, 1.82) is 0 Å². The van der Waals surface area contributed by atoms with Gasteiger partial charge in [-0.3, -0.25) is 4.79 Å². The van der Waals surface area contributed by atoms with Gasteiger partial charge in [-0.1, -0.05) is 20.8 Å². The fourth-order valence-electron chi connectivity index (χ4n) is 8.94. The first-order valence-electron chi connectivity index (χ1n) is 13.2. The molecule has 4 aliphatic rings. The van der Waals surface area contributed by atoms with Crippen LogP contribution in [0.4, 0.5) is 0 Å². The Balaban J connectivity index is 1.58. The topological polar surface area (TPSA) is 118 Å². The third-order valence-corrected chi connectivity index (χ3v) is 11.0. The number of hydrogen-bond donors (Lipinski definition) is 5. The average Bonchev–Trinajstić information content (AvgIpc) is 2.99. The van der Waals surface area contributed by atoms with Gasteiger partial charge < -0.3 is 25.5 Å². The number of aliphatic hydroxyl groups excluding tert-OH is 3. The molecule has 0 unspecified atom stereocenters. The minimum atomic E-state index is -0.963. The fraction of sp³-hybridized carbons (Fsp3) is 0.963. The standard InChI is InChI=1S/C27H46O6/c1-15(20(28)8-9-24(2,3)32)16-7-11-27(33)18-12-21(29)19-13-22(30)23(31)14-25(19,4)17(18)6-10-26(16,27)5/h15-20,22-23,28,30-33H,6-14H2,1-5H3/t15-,16+,17-,18+,19-,20+,22+,23-,25+,26+,27+/m0/s1. The molecular formula is C27H46O6. The zero-order chi connectivity index (χ0) is 24.6. The van der Waals surface area contributed by atoms with Gasteiger partial charge >= 0.3 is 0 Å². The maximum absolute atomic E-state index is 13.3. The van der Waals surface area contributed by atoms with Crippen LogP contribution in [0.1, 0.15) is 92.4 Å². The molecule has 0 aromatic rings.